The largest absolute Gasteiger partial charge is 2.00 e. The fourth-order valence-corrected chi connectivity index (χ4v) is 2.99. The summed E-state index contributed by atoms with van der Waals surface area (Å²) in [5.74, 6) is 7.12. The van der Waals surface area contributed by atoms with Crippen LogP contribution in [-0.2, 0) is 27.6 Å². The Hall–Kier alpha value is -3.01. The Kier molecular flexibility index (Phi) is 11.3. The summed E-state index contributed by atoms with van der Waals surface area (Å²) in [7, 11) is 1.80. The molecule has 2 aromatic rings. The van der Waals surface area contributed by atoms with Crippen molar-refractivity contribution in [2.75, 3.05) is 0 Å². The van der Waals surface area contributed by atoms with Crippen LogP contribution in [0.25, 0.3) is 5.73 Å². The number of aliphatic imine (C=N–C) groups is 1. The van der Waals surface area contributed by atoms with Gasteiger partial charge >= 0.3 is 27.0 Å². The molecular formula is C23H21BN3O4W. The second kappa shape index (κ2) is 13.4. The van der Waals surface area contributed by atoms with E-state index in [1.807, 2.05) is 24.3 Å². The third-order valence-electron chi connectivity index (χ3n) is 4.88. The fourth-order valence-electron chi connectivity index (χ4n) is 2.99. The molecule has 1 fully saturated rings. The molecule has 161 valence electrons. The van der Waals surface area contributed by atoms with Gasteiger partial charge in [0.1, 0.15) is 6.54 Å². The van der Waals surface area contributed by atoms with Crippen molar-refractivity contribution in [1.82, 2.24) is 0 Å². The number of carboxylic acids is 1. The van der Waals surface area contributed by atoms with Crippen LogP contribution in [0.5, 0.6) is 0 Å². The van der Waals surface area contributed by atoms with Gasteiger partial charge in [0.15, 0.2) is 0 Å². The maximum atomic E-state index is 10.7. The Morgan fingerprint density at radius 2 is 1.94 bits per heavy atom. The average Bonchev–Trinajstić information content (AvgIpc) is 3.22. The van der Waals surface area contributed by atoms with Gasteiger partial charge in [-0.15, -0.1) is 5.69 Å². The van der Waals surface area contributed by atoms with Gasteiger partial charge in [0.05, 0.1) is 12.8 Å². The first kappa shape index (κ1) is 27.0. The molecule has 0 amide bonds. The van der Waals surface area contributed by atoms with E-state index in [0.717, 1.165) is 29.5 Å². The van der Waals surface area contributed by atoms with Gasteiger partial charge < -0.3 is 21.3 Å². The van der Waals surface area contributed by atoms with Crippen LogP contribution in [0.1, 0.15) is 52.2 Å². The van der Waals surface area contributed by atoms with Crippen LogP contribution in [0, 0.1) is 22.9 Å². The zero-order valence-corrected chi connectivity index (χ0v) is 20.1. The first-order valence-electron chi connectivity index (χ1n) is 9.55. The van der Waals surface area contributed by atoms with Gasteiger partial charge in [-0.3, -0.25) is 0 Å². The number of carbonyl (C=O) groups is 1. The summed E-state index contributed by atoms with van der Waals surface area (Å²) >= 11 is 0. The molecule has 0 bridgehead atoms. The van der Waals surface area contributed by atoms with E-state index in [0.29, 0.717) is 22.8 Å². The van der Waals surface area contributed by atoms with Crippen molar-refractivity contribution in [3.05, 3.63) is 87.5 Å². The number of rotatable bonds is 4. The minimum Gasteiger partial charge on any atom is -0.698 e. The Morgan fingerprint density at radius 1 is 1.22 bits per heavy atom. The zero-order chi connectivity index (χ0) is 21.3. The summed E-state index contributed by atoms with van der Waals surface area (Å²) < 4.78 is 0. The second-order valence-electron chi connectivity index (χ2n) is 6.93. The zero-order valence-electron chi connectivity index (χ0n) is 17.2. The minimum atomic E-state index is -0.912. The summed E-state index contributed by atoms with van der Waals surface area (Å²) in [4.78, 5) is 24.7. The number of hydrogen-bond donors (Lipinski definition) is 1. The molecule has 1 aliphatic carbocycles. The van der Waals surface area contributed by atoms with Crippen molar-refractivity contribution in [3.63, 3.8) is 0 Å². The van der Waals surface area contributed by atoms with E-state index < -0.39 is 5.97 Å². The standard InChI is InChI=1S/C12H7BN2O.C11H12NO2.H2O.W/c16-15-9-11-3-1-10(2-4-11)5-6-12-13-7-8-14-12;12-10-5-4-8(11(13)14)6-9(10)7-2-1-3-7;;/h1-4,7H,9H2;4-7,12H,1-3H2,(H,13,14);1H2;/q2*-1;;+2. The molecule has 1 saturated carbocycles. The number of nitrogens with one attached hydrogen (secondary N) is 1. The van der Waals surface area contributed by atoms with E-state index in [9.17, 15) is 9.70 Å². The van der Waals surface area contributed by atoms with Crippen LogP contribution < -0.4 is 0 Å². The molecule has 0 aromatic heterocycles. The summed E-state index contributed by atoms with van der Waals surface area (Å²) in [6.45, 7) is 0.201. The first-order valence-corrected chi connectivity index (χ1v) is 9.55. The van der Waals surface area contributed by atoms with E-state index in [4.69, 9.17) is 10.8 Å². The Labute approximate surface area is 202 Å². The molecule has 2 aliphatic rings. The molecule has 7 nitrogen and oxygen atoms in total. The van der Waals surface area contributed by atoms with Crippen molar-refractivity contribution >= 4 is 24.5 Å². The topological polar surface area (TPSA) is 134 Å². The smallest absolute Gasteiger partial charge is 0.698 e. The molecule has 1 heterocycles. The van der Waals surface area contributed by atoms with E-state index in [-0.39, 0.29) is 33.1 Å². The third-order valence-corrected chi connectivity index (χ3v) is 4.88. The first-order chi connectivity index (χ1) is 14.6. The Balaban J connectivity index is 0.000000303. The molecule has 0 unspecified atom stereocenters. The van der Waals surface area contributed by atoms with Crippen LogP contribution in [0.4, 0.5) is 5.69 Å². The quantitative estimate of drug-likeness (QED) is 0.245. The molecule has 4 rings (SSSR count). The number of carboxylic acid groups (broad SMARTS) is 1. The van der Waals surface area contributed by atoms with Crippen molar-refractivity contribution in [3.8, 4) is 11.8 Å². The van der Waals surface area contributed by atoms with Crippen molar-refractivity contribution in [2.24, 2.45) is 10.2 Å². The molecule has 0 saturated heterocycles. The second-order valence-corrected chi connectivity index (χ2v) is 6.93. The van der Waals surface area contributed by atoms with Gasteiger partial charge in [-0.05, 0) is 48.6 Å². The van der Waals surface area contributed by atoms with Crippen LogP contribution in [0.2, 0.25) is 0 Å². The molecule has 1 aliphatic heterocycles. The number of benzene rings is 2. The van der Waals surface area contributed by atoms with Crippen LogP contribution in [0.15, 0.2) is 58.6 Å². The van der Waals surface area contributed by atoms with Crippen LogP contribution in [-0.4, -0.2) is 29.4 Å². The molecular weight excluding hydrogens is 577 g/mol. The van der Waals surface area contributed by atoms with Gasteiger partial charge in [0.2, 0.25) is 0 Å². The third kappa shape index (κ3) is 7.60. The van der Waals surface area contributed by atoms with E-state index in [1.165, 1.54) is 12.5 Å². The van der Waals surface area contributed by atoms with Gasteiger partial charge in [0.25, 0.3) is 0 Å². The number of nitroso groups, excluding NO2 is 1. The summed E-state index contributed by atoms with van der Waals surface area (Å²) in [5, 5.41) is 11.6. The van der Waals surface area contributed by atoms with Crippen molar-refractivity contribution < 1.29 is 36.4 Å². The van der Waals surface area contributed by atoms with Gasteiger partial charge in [0, 0.05) is 5.56 Å². The normalized spacial score (nSPS) is 13.3. The summed E-state index contributed by atoms with van der Waals surface area (Å²) in [5.41, 5.74) is 11.8. The molecule has 32 heavy (non-hydrogen) atoms. The van der Waals surface area contributed by atoms with Gasteiger partial charge in [-0.25, -0.2) is 10.8 Å². The number of hydrogen-bond acceptors (Lipinski definition) is 4. The maximum absolute atomic E-state index is 10.7. The fraction of sp³-hybridized carbons (Fsp3) is 0.217. The maximum Gasteiger partial charge on any atom is 2.00 e. The van der Waals surface area contributed by atoms with E-state index in [1.54, 1.807) is 25.4 Å². The van der Waals surface area contributed by atoms with Crippen LogP contribution >= 0.6 is 0 Å². The van der Waals surface area contributed by atoms with E-state index >= 15 is 0 Å². The predicted molar refractivity (Wildman–Crippen MR) is 121 cm³/mol. The van der Waals surface area contributed by atoms with Crippen molar-refractivity contribution in [2.45, 2.75) is 31.7 Å². The number of nitrogens with zero attached hydrogens (tertiary/aromatic N) is 2. The minimum absolute atomic E-state index is 0. The molecule has 0 spiro atoms. The molecule has 0 atom stereocenters. The Morgan fingerprint density at radius 3 is 2.47 bits per heavy atom. The average molecular weight is 598 g/mol. The van der Waals surface area contributed by atoms with Gasteiger partial charge in [-0.2, -0.15) is 17.0 Å². The Bertz CT molecular complexity index is 1060. The van der Waals surface area contributed by atoms with Crippen molar-refractivity contribution in [1.29, 1.82) is 0 Å². The molecule has 2 aromatic carbocycles. The monoisotopic (exact) mass is 598 g/mol. The van der Waals surface area contributed by atoms with Crippen LogP contribution in [0.3, 0.4) is 0 Å². The van der Waals surface area contributed by atoms with E-state index in [2.05, 4.69) is 28.2 Å². The van der Waals surface area contributed by atoms with Gasteiger partial charge in [-0.1, -0.05) is 46.9 Å². The summed E-state index contributed by atoms with van der Waals surface area (Å²) in [6, 6.07) is 12.1. The number of aromatic carboxylic acids is 1. The molecule has 1 radical (unpaired) electrons. The SMILES string of the molecule is O.O=NCc1ccc(C#CC2=N[C-]=C[B]2)cc1.[NH-]c1ccc(C(=O)O)cc1C1CCC1.[W+2]. The summed E-state index contributed by atoms with van der Waals surface area (Å²) in [6.07, 6.45) is 6.07. The molecule has 4 N–H and O–H groups in total. The predicted octanol–water partition coefficient (Wildman–Crippen LogP) is 4.20. The molecule has 9 heteroatoms.